The van der Waals surface area contributed by atoms with Crippen LogP contribution in [-0.4, -0.2) is 32.8 Å². The van der Waals surface area contributed by atoms with E-state index in [9.17, 15) is 12.8 Å². The van der Waals surface area contributed by atoms with Gasteiger partial charge >= 0.3 is 0 Å². The molecule has 1 aromatic heterocycles. The standard InChI is InChI=1S/C17H16FN3O4S2/c1-24-12-5-3-4-11(8-12)9-16-19-20-17(26-16)21-27(22,23)13-6-7-15(25-2)14(18)10-13/h3-8,10H,9H2,1-2H3,(H,20,21). The molecule has 3 rings (SSSR count). The second-order valence-corrected chi connectivity index (χ2v) is 8.18. The highest BCUT2D eigenvalue weighted by atomic mass is 32.2. The summed E-state index contributed by atoms with van der Waals surface area (Å²) in [7, 11) is -1.10. The van der Waals surface area contributed by atoms with Gasteiger partial charge in [-0.15, -0.1) is 10.2 Å². The molecule has 1 N–H and O–H groups in total. The van der Waals surface area contributed by atoms with Gasteiger partial charge in [-0.3, -0.25) is 4.72 Å². The molecule has 0 aliphatic carbocycles. The van der Waals surface area contributed by atoms with E-state index in [0.29, 0.717) is 11.4 Å². The van der Waals surface area contributed by atoms with Crippen molar-refractivity contribution in [3.05, 3.63) is 58.9 Å². The summed E-state index contributed by atoms with van der Waals surface area (Å²) >= 11 is 1.10. The number of halogens is 1. The fraction of sp³-hybridized carbons (Fsp3) is 0.176. The quantitative estimate of drug-likeness (QED) is 0.645. The summed E-state index contributed by atoms with van der Waals surface area (Å²) in [5, 5.41) is 8.57. The second-order valence-electron chi connectivity index (χ2n) is 5.43. The van der Waals surface area contributed by atoms with Crippen molar-refractivity contribution >= 4 is 26.5 Å². The third kappa shape index (κ3) is 4.52. The predicted molar refractivity (Wildman–Crippen MR) is 99.5 cm³/mol. The minimum absolute atomic E-state index is 0.0366. The largest absolute Gasteiger partial charge is 0.497 e. The molecule has 7 nitrogen and oxygen atoms in total. The smallest absolute Gasteiger partial charge is 0.263 e. The maximum Gasteiger partial charge on any atom is 0.263 e. The molecule has 27 heavy (non-hydrogen) atoms. The lowest BCUT2D eigenvalue weighted by Gasteiger charge is -2.06. The van der Waals surface area contributed by atoms with Crippen molar-refractivity contribution in [2.24, 2.45) is 0 Å². The van der Waals surface area contributed by atoms with Crippen molar-refractivity contribution in [1.82, 2.24) is 10.2 Å². The van der Waals surface area contributed by atoms with E-state index in [2.05, 4.69) is 14.9 Å². The molecule has 0 amide bonds. The summed E-state index contributed by atoms with van der Waals surface area (Å²) in [4.78, 5) is -0.231. The molecule has 0 fully saturated rings. The Bertz CT molecular complexity index is 1050. The first kappa shape index (κ1) is 19.1. The Morgan fingerprint density at radius 1 is 1.11 bits per heavy atom. The Labute approximate surface area is 159 Å². The van der Waals surface area contributed by atoms with Gasteiger partial charge in [0.15, 0.2) is 11.6 Å². The number of methoxy groups -OCH3 is 2. The van der Waals surface area contributed by atoms with Gasteiger partial charge in [-0.1, -0.05) is 23.5 Å². The number of benzene rings is 2. The monoisotopic (exact) mass is 409 g/mol. The normalized spacial score (nSPS) is 11.2. The zero-order valence-corrected chi connectivity index (χ0v) is 16.1. The summed E-state index contributed by atoms with van der Waals surface area (Å²) in [6.07, 6.45) is 0.480. The molecule has 2 aromatic carbocycles. The first-order valence-corrected chi connectivity index (χ1v) is 10.0. The third-order valence-electron chi connectivity index (χ3n) is 3.61. The average Bonchev–Trinajstić information content (AvgIpc) is 3.07. The number of sulfonamides is 1. The fourth-order valence-electron chi connectivity index (χ4n) is 2.31. The molecule has 0 bridgehead atoms. The lowest BCUT2D eigenvalue weighted by atomic mass is 10.1. The molecule has 0 aliphatic rings. The van der Waals surface area contributed by atoms with Gasteiger partial charge in [0.1, 0.15) is 10.8 Å². The van der Waals surface area contributed by atoms with Crippen LogP contribution in [0.2, 0.25) is 0 Å². The number of hydrogen-bond donors (Lipinski definition) is 1. The summed E-state index contributed by atoms with van der Waals surface area (Å²) in [6.45, 7) is 0. The van der Waals surface area contributed by atoms with E-state index in [1.807, 2.05) is 24.3 Å². The van der Waals surface area contributed by atoms with Gasteiger partial charge in [0, 0.05) is 6.42 Å². The van der Waals surface area contributed by atoms with Crippen LogP contribution < -0.4 is 14.2 Å². The molecule has 0 saturated heterocycles. The van der Waals surface area contributed by atoms with E-state index in [1.54, 1.807) is 7.11 Å². The van der Waals surface area contributed by atoms with Gasteiger partial charge in [0.2, 0.25) is 5.13 Å². The average molecular weight is 409 g/mol. The van der Waals surface area contributed by atoms with Crippen LogP contribution in [0.25, 0.3) is 0 Å². The maximum atomic E-state index is 13.8. The van der Waals surface area contributed by atoms with Crippen LogP contribution in [0, 0.1) is 5.82 Å². The van der Waals surface area contributed by atoms with Crippen LogP contribution in [0.3, 0.4) is 0 Å². The van der Waals surface area contributed by atoms with E-state index in [4.69, 9.17) is 9.47 Å². The number of nitrogens with zero attached hydrogens (tertiary/aromatic N) is 2. The highest BCUT2D eigenvalue weighted by Crippen LogP contribution is 2.25. The van der Waals surface area contributed by atoms with Gasteiger partial charge in [0.05, 0.1) is 19.1 Å². The predicted octanol–water partition coefficient (Wildman–Crippen LogP) is 3.09. The van der Waals surface area contributed by atoms with Crippen LogP contribution in [0.15, 0.2) is 47.4 Å². The number of anilines is 1. The number of hydrogen-bond acceptors (Lipinski definition) is 7. The summed E-state index contributed by atoms with van der Waals surface area (Å²) in [5.41, 5.74) is 0.956. The van der Waals surface area contributed by atoms with Crippen LogP contribution in [0.5, 0.6) is 11.5 Å². The highest BCUT2D eigenvalue weighted by Gasteiger charge is 2.19. The Balaban J connectivity index is 1.75. The zero-order chi connectivity index (χ0) is 19.4. The Kier molecular flexibility index (Phi) is 5.57. The molecular formula is C17H16FN3O4S2. The van der Waals surface area contributed by atoms with Gasteiger partial charge in [-0.05, 0) is 35.9 Å². The topological polar surface area (TPSA) is 90.4 Å². The van der Waals surface area contributed by atoms with E-state index in [0.717, 1.165) is 28.7 Å². The first-order chi connectivity index (χ1) is 12.9. The van der Waals surface area contributed by atoms with E-state index in [1.165, 1.54) is 19.2 Å². The highest BCUT2D eigenvalue weighted by molar-refractivity contribution is 7.93. The van der Waals surface area contributed by atoms with Crippen molar-refractivity contribution in [2.45, 2.75) is 11.3 Å². The van der Waals surface area contributed by atoms with E-state index >= 15 is 0 Å². The Morgan fingerprint density at radius 2 is 1.93 bits per heavy atom. The number of rotatable bonds is 7. The Hall–Kier alpha value is -2.72. The van der Waals surface area contributed by atoms with Crippen molar-refractivity contribution in [1.29, 1.82) is 0 Å². The molecule has 0 aliphatic heterocycles. The summed E-state index contributed by atoms with van der Waals surface area (Å²) in [5.74, 6) is -0.0822. The maximum absolute atomic E-state index is 13.8. The zero-order valence-electron chi connectivity index (χ0n) is 14.5. The summed E-state index contributed by atoms with van der Waals surface area (Å²) in [6, 6.07) is 10.9. The van der Waals surface area contributed by atoms with Crippen LogP contribution >= 0.6 is 11.3 Å². The molecule has 0 spiro atoms. The van der Waals surface area contributed by atoms with Gasteiger partial charge in [-0.2, -0.15) is 0 Å². The van der Waals surface area contributed by atoms with Crippen LogP contribution in [-0.2, 0) is 16.4 Å². The van der Waals surface area contributed by atoms with Gasteiger partial charge < -0.3 is 9.47 Å². The number of nitrogens with one attached hydrogen (secondary N) is 1. The van der Waals surface area contributed by atoms with Crippen molar-refractivity contribution in [3.63, 3.8) is 0 Å². The first-order valence-electron chi connectivity index (χ1n) is 7.73. The van der Waals surface area contributed by atoms with Gasteiger partial charge in [0.25, 0.3) is 10.0 Å². The molecule has 142 valence electrons. The molecule has 0 atom stereocenters. The van der Waals surface area contributed by atoms with Crippen molar-refractivity contribution < 1.29 is 22.3 Å². The number of aromatic nitrogens is 2. The minimum atomic E-state index is -3.99. The van der Waals surface area contributed by atoms with Crippen molar-refractivity contribution in [2.75, 3.05) is 18.9 Å². The summed E-state index contributed by atoms with van der Waals surface area (Å²) < 4.78 is 50.9. The molecular weight excluding hydrogens is 393 g/mol. The lowest BCUT2D eigenvalue weighted by molar-refractivity contribution is 0.385. The lowest BCUT2D eigenvalue weighted by Crippen LogP contribution is -2.13. The third-order valence-corrected chi connectivity index (χ3v) is 5.92. The molecule has 0 unspecified atom stereocenters. The molecule has 1 heterocycles. The van der Waals surface area contributed by atoms with Crippen LogP contribution in [0.4, 0.5) is 9.52 Å². The van der Waals surface area contributed by atoms with Crippen LogP contribution in [0.1, 0.15) is 10.6 Å². The van der Waals surface area contributed by atoms with E-state index in [-0.39, 0.29) is 15.8 Å². The second kappa shape index (κ2) is 7.89. The molecule has 0 saturated carbocycles. The SMILES string of the molecule is COc1cccc(Cc2nnc(NS(=O)(=O)c3ccc(OC)c(F)c3)s2)c1. The van der Waals surface area contributed by atoms with Gasteiger partial charge in [-0.25, -0.2) is 12.8 Å². The van der Waals surface area contributed by atoms with E-state index < -0.39 is 15.8 Å². The molecule has 3 aromatic rings. The fourth-order valence-corrected chi connectivity index (χ4v) is 4.33. The molecule has 0 radical (unpaired) electrons. The molecule has 10 heteroatoms. The van der Waals surface area contributed by atoms with Crippen molar-refractivity contribution in [3.8, 4) is 11.5 Å². The minimum Gasteiger partial charge on any atom is -0.497 e. The Morgan fingerprint density at radius 3 is 2.63 bits per heavy atom. The number of ether oxygens (including phenoxy) is 2.